The number of aromatic nitrogens is 1. The number of nitrogens with zero attached hydrogens (tertiary/aromatic N) is 2. The number of carbonyl (C=O) groups is 1. The number of hydrazone groups is 1. The summed E-state index contributed by atoms with van der Waals surface area (Å²) in [4.78, 5) is 12.1. The number of benzene rings is 2. The first-order chi connectivity index (χ1) is 11.6. The first kappa shape index (κ1) is 16.0. The first-order valence-corrected chi connectivity index (χ1v) is 8.06. The molecule has 4 heteroatoms. The minimum Gasteiger partial charge on any atom is -0.344 e. The summed E-state index contributed by atoms with van der Waals surface area (Å²) in [7, 11) is 0. The van der Waals surface area contributed by atoms with Crippen LogP contribution in [0.25, 0.3) is 10.9 Å². The Bertz CT molecular complexity index is 906. The van der Waals surface area contributed by atoms with E-state index in [2.05, 4.69) is 47.3 Å². The molecule has 0 fully saturated rings. The molecule has 1 heterocycles. The Kier molecular flexibility index (Phi) is 4.47. The molecule has 3 aromatic rings. The lowest BCUT2D eigenvalue weighted by molar-refractivity contribution is 0.0955. The number of hydrogen-bond acceptors (Lipinski definition) is 2. The Morgan fingerprint density at radius 2 is 1.96 bits per heavy atom. The summed E-state index contributed by atoms with van der Waals surface area (Å²) in [5.41, 5.74) is 6.41. The molecule has 2 aromatic carbocycles. The van der Waals surface area contributed by atoms with Gasteiger partial charge in [0.1, 0.15) is 0 Å². The van der Waals surface area contributed by atoms with Crippen LogP contribution in [0.3, 0.4) is 0 Å². The summed E-state index contributed by atoms with van der Waals surface area (Å²) >= 11 is 0. The second-order valence-corrected chi connectivity index (χ2v) is 6.17. The third kappa shape index (κ3) is 3.23. The molecule has 24 heavy (non-hydrogen) atoms. The molecule has 3 rings (SSSR count). The van der Waals surface area contributed by atoms with Gasteiger partial charge in [0.2, 0.25) is 0 Å². The van der Waals surface area contributed by atoms with Gasteiger partial charge in [-0.3, -0.25) is 4.79 Å². The molecule has 0 radical (unpaired) electrons. The van der Waals surface area contributed by atoms with Gasteiger partial charge in [0, 0.05) is 34.3 Å². The summed E-state index contributed by atoms with van der Waals surface area (Å²) in [5.74, 6) is -0.206. The summed E-state index contributed by atoms with van der Waals surface area (Å²) in [6, 6.07) is 16.0. The second kappa shape index (κ2) is 6.71. The van der Waals surface area contributed by atoms with Gasteiger partial charge in [0.25, 0.3) is 5.91 Å². The second-order valence-electron chi connectivity index (χ2n) is 6.17. The van der Waals surface area contributed by atoms with Crippen molar-refractivity contribution < 1.29 is 4.79 Å². The molecule has 0 saturated heterocycles. The molecule has 4 nitrogen and oxygen atoms in total. The normalized spacial score (nSPS) is 11.5. The van der Waals surface area contributed by atoms with Crippen molar-refractivity contribution in [1.29, 1.82) is 0 Å². The van der Waals surface area contributed by atoms with E-state index >= 15 is 0 Å². The van der Waals surface area contributed by atoms with Gasteiger partial charge in [-0.25, -0.2) is 5.43 Å². The van der Waals surface area contributed by atoms with Crippen LogP contribution < -0.4 is 5.43 Å². The number of carbonyl (C=O) groups excluding carboxylic acids is 1. The highest BCUT2D eigenvalue weighted by Gasteiger charge is 2.09. The summed E-state index contributed by atoms with van der Waals surface area (Å²) < 4.78 is 2.21. The summed E-state index contributed by atoms with van der Waals surface area (Å²) in [5, 5.41) is 5.26. The largest absolute Gasteiger partial charge is 0.344 e. The SMILES string of the molecule is Cc1cccc(C(=O)N/N=C\c2cn(C(C)C)c3ccccc23)c1. The number of fused-ring (bicyclic) bond motifs is 1. The zero-order valence-corrected chi connectivity index (χ0v) is 14.2. The molecule has 122 valence electrons. The van der Waals surface area contributed by atoms with E-state index in [4.69, 9.17) is 0 Å². The Labute approximate surface area is 141 Å². The van der Waals surface area contributed by atoms with Gasteiger partial charge in [0.05, 0.1) is 6.21 Å². The number of aryl methyl sites for hydroxylation is 1. The lowest BCUT2D eigenvalue weighted by Gasteiger charge is -2.08. The molecule has 1 aromatic heterocycles. The van der Waals surface area contributed by atoms with E-state index in [1.165, 1.54) is 5.52 Å². The number of hydrogen-bond donors (Lipinski definition) is 1. The highest BCUT2D eigenvalue weighted by atomic mass is 16.2. The first-order valence-electron chi connectivity index (χ1n) is 8.06. The zero-order chi connectivity index (χ0) is 17.1. The third-order valence-electron chi connectivity index (χ3n) is 3.98. The van der Waals surface area contributed by atoms with Gasteiger partial charge in [0.15, 0.2) is 0 Å². The van der Waals surface area contributed by atoms with Crippen molar-refractivity contribution in [3.63, 3.8) is 0 Å². The van der Waals surface area contributed by atoms with E-state index in [9.17, 15) is 4.79 Å². The standard InChI is InChI=1S/C20H21N3O/c1-14(2)23-13-17(18-9-4-5-10-19(18)23)12-21-22-20(24)16-8-6-7-15(3)11-16/h4-14H,1-3H3,(H,22,24)/b21-12-. The summed E-state index contributed by atoms with van der Waals surface area (Å²) in [6.45, 7) is 6.25. The number of rotatable bonds is 4. The van der Waals surface area contributed by atoms with E-state index in [1.54, 1.807) is 12.3 Å². The molecule has 0 aliphatic carbocycles. The van der Waals surface area contributed by atoms with Crippen molar-refractivity contribution in [2.75, 3.05) is 0 Å². The summed E-state index contributed by atoms with van der Waals surface area (Å²) in [6.07, 6.45) is 3.77. The molecule has 0 aliphatic rings. The predicted octanol–water partition coefficient (Wildman–Crippen LogP) is 4.29. The highest BCUT2D eigenvalue weighted by molar-refractivity contribution is 6.00. The maximum atomic E-state index is 12.1. The monoisotopic (exact) mass is 319 g/mol. The maximum absolute atomic E-state index is 12.1. The minimum absolute atomic E-state index is 0.206. The van der Waals surface area contributed by atoms with Crippen molar-refractivity contribution in [2.24, 2.45) is 5.10 Å². The Balaban J connectivity index is 1.82. The van der Waals surface area contributed by atoms with Crippen LogP contribution in [0.5, 0.6) is 0 Å². The fourth-order valence-corrected chi connectivity index (χ4v) is 2.77. The van der Waals surface area contributed by atoms with Crippen molar-refractivity contribution in [2.45, 2.75) is 26.8 Å². The van der Waals surface area contributed by atoms with Crippen LogP contribution in [0.4, 0.5) is 0 Å². The Morgan fingerprint density at radius 1 is 1.17 bits per heavy atom. The van der Waals surface area contributed by atoms with E-state index in [1.807, 2.05) is 37.3 Å². The number of amides is 1. The van der Waals surface area contributed by atoms with E-state index in [0.717, 1.165) is 16.5 Å². The molecular formula is C20H21N3O. The molecule has 0 bridgehead atoms. The van der Waals surface area contributed by atoms with Crippen molar-refractivity contribution in [1.82, 2.24) is 9.99 Å². The van der Waals surface area contributed by atoms with Gasteiger partial charge in [-0.15, -0.1) is 0 Å². The fraction of sp³-hybridized carbons (Fsp3) is 0.200. The van der Waals surface area contributed by atoms with Crippen LogP contribution in [-0.4, -0.2) is 16.7 Å². The van der Waals surface area contributed by atoms with Crippen LogP contribution in [-0.2, 0) is 0 Å². The fourth-order valence-electron chi connectivity index (χ4n) is 2.77. The molecule has 1 N–H and O–H groups in total. The molecular weight excluding hydrogens is 298 g/mol. The third-order valence-corrected chi connectivity index (χ3v) is 3.98. The minimum atomic E-state index is -0.206. The van der Waals surface area contributed by atoms with Gasteiger partial charge < -0.3 is 4.57 Å². The average Bonchev–Trinajstić information content (AvgIpc) is 2.94. The lowest BCUT2D eigenvalue weighted by atomic mass is 10.1. The molecule has 0 atom stereocenters. The molecule has 1 amide bonds. The van der Waals surface area contributed by atoms with Crippen LogP contribution in [0, 0.1) is 6.92 Å². The quantitative estimate of drug-likeness (QED) is 0.566. The van der Waals surface area contributed by atoms with E-state index in [-0.39, 0.29) is 5.91 Å². The van der Waals surface area contributed by atoms with E-state index in [0.29, 0.717) is 11.6 Å². The van der Waals surface area contributed by atoms with Crippen molar-refractivity contribution >= 4 is 23.0 Å². The molecule has 0 saturated carbocycles. The number of para-hydroxylation sites is 1. The van der Waals surface area contributed by atoms with Gasteiger partial charge in [-0.2, -0.15) is 5.10 Å². The van der Waals surface area contributed by atoms with Crippen molar-refractivity contribution in [3.8, 4) is 0 Å². The smallest absolute Gasteiger partial charge is 0.271 e. The number of nitrogens with one attached hydrogen (secondary N) is 1. The van der Waals surface area contributed by atoms with Gasteiger partial charge in [-0.1, -0.05) is 35.9 Å². The topological polar surface area (TPSA) is 46.4 Å². The Morgan fingerprint density at radius 3 is 2.71 bits per heavy atom. The van der Waals surface area contributed by atoms with Gasteiger partial charge in [-0.05, 0) is 39.0 Å². The van der Waals surface area contributed by atoms with Crippen molar-refractivity contribution in [3.05, 3.63) is 71.4 Å². The molecule has 0 spiro atoms. The highest BCUT2D eigenvalue weighted by Crippen LogP contribution is 2.23. The zero-order valence-electron chi connectivity index (χ0n) is 14.2. The van der Waals surface area contributed by atoms with Crippen LogP contribution in [0.1, 0.15) is 41.4 Å². The van der Waals surface area contributed by atoms with Crippen LogP contribution >= 0.6 is 0 Å². The van der Waals surface area contributed by atoms with Crippen LogP contribution in [0.15, 0.2) is 59.8 Å². The average molecular weight is 319 g/mol. The molecule has 0 aliphatic heterocycles. The van der Waals surface area contributed by atoms with E-state index < -0.39 is 0 Å². The Hall–Kier alpha value is -2.88. The molecule has 0 unspecified atom stereocenters. The van der Waals surface area contributed by atoms with Crippen LogP contribution in [0.2, 0.25) is 0 Å². The maximum Gasteiger partial charge on any atom is 0.271 e. The van der Waals surface area contributed by atoms with Gasteiger partial charge >= 0.3 is 0 Å². The lowest BCUT2D eigenvalue weighted by Crippen LogP contribution is -2.17. The predicted molar refractivity (Wildman–Crippen MR) is 98.6 cm³/mol.